The SMILES string of the molecule is Cc1ccc(CN(C)C(=O)c2cccc(Br)c2)cc1. The molecule has 0 N–H and O–H groups in total. The van der Waals surface area contributed by atoms with Crippen LogP contribution in [0.25, 0.3) is 0 Å². The maximum absolute atomic E-state index is 12.3. The molecule has 0 aliphatic rings. The second-order valence-corrected chi connectivity index (χ2v) is 5.57. The highest BCUT2D eigenvalue weighted by molar-refractivity contribution is 9.10. The fraction of sp³-hybridized carbons (Fsp3) is 0.188. The molecule has 3 heteroatoms. The lowest BCUT2D eigenvalue weighted by atomic mass is 10.1. The Morgan fingerprint density at radius 2 is 1.84 bits per heavy atom. The molecule has 2 aromatic carbocycles. The molecule has 0 radical (unpaired) electrons. The van der Waals surface area contributed by atoms with Crippen molar-refractivity contribution in [2.24, 2.45) is 0 Å². The lowest BCUT2D eigenvalue weighted by molar-refractivity contribution is 0.0785. The minimum atomic E-state index is 0.0295. The van der Waals surface area contributed by atoms with Crippen molar-refractivity contribution >= 4 is 21.8 Å². The largest absolute Gasteiger partial charge is 0.337 e. The van der Waals surface area contributed by atoms with Crippen LogP contribution in [0.1, 0.15) is 21.5 Å². The smallest absolute Gasteiger partial charge is 0.253 e. The Bertz CT molecular complexity index is 578. The Balaban J connectivity index is 2.09. The highest BCUT2D eigenvalue weighted by Gasteiger charge is 2.11. The molecule has 19 heavy (non-hydrogen) atoms. The monoisotopic (exact) mass is 317 g/mol. The fourth-order valence-corrected chi connectivity index (χ4v) is 2.28. The quantitative estimate of drug-likeness (QED) is 0.837. The summed E-state index contributed by atoms with van der Waals surface area (Å²) < 4.78 is 0.919. The lowest BCUT2D eigenvalue weighted by Gasteiger charge is -2.17. The minimum absolute atomic E-state index is 0.0295. The number of carbonyl (C=O) groups excluding carboxylic acids is 1. The van der Waals surface area contributed by atoms with E-state index < -0.39 is 0 Å². The van der Waals surface area contributed by atoms with Crippen molar-refractivity contribution in [3.8, 4) is 0 Å². The Labute approximate surface area is 122 Å². The molecule has 1 amide bonds. The summed E-state index contributed by atoms with van der Waals surface area (Å²) in [4.78, 5) is 14.0. The third kappa shape index (κ3) is 3.67. The number of rotatable bonds is 3. The number of halogens is 1. The van der Waals surface area contributed by atoms with Gasteiger partial charge in [0.25, 0.3) is 5.91 Å². The average molecular weight is 318 g/mol. The van der Waals surface area contributed by atoms with Gasteiger partial charge in [-0.15, -0.1) is 0 Å². The van der Waals surface area contributed by atoms with E-state index in [1.54, 1.807) is 4.90 Å². The molecule has 0 spiro atoms. The molecule has 0 saturated heterocycles. The molecule has 0 fully saturated rings. The van der Waals surface area contributed by atoms with Gasteiger partial charge < -0.3 is 4.90 Å². The second kappa shape index (κ2) is 6.02. The van der Waals surface area contributed by atoms with Crippen LogP contribution in [-0.4, -0.2) is 17.9 Å². The van der Waals surface area contributed by atoms with Gasteiger partial charge in [0.2, 0.25) is 0 Å². The number of hydrogen-bond acceptors (Lipinski definition) is 1. The second-order valence-electron chi connectivity index (χ2n) is 4.66. The molecular formula is C16H16BrNO. The van der Waals surface area contributed by atoms with E-state index in [4.69, 9.17) is 0 Å². The molecule has 0 aliphatic heterocycles. The maximum atomic E-state index is 12.3. The Hall–Kier alpha value is -1.61. The van der Waals surface area contributed by atoms with Crippen LogP contribution in [0.3, 0.4) is 0 Å². The van der Waals surface area contributed by atoms with Crippen molar-refractivity contribution in [2.75, 3.05) is 7.05 Å². The van der Waals surface area contributed by atoms with Gasteiger partial charge in [-0.1, -0.05) is 51.8 Å². The molecule has 2 rings (SSSR count). The number of nitrogens with zero attached hydrogens (tertiary/aromatic N) is 1. The third-order valence-corrected chi connectivity index (χ3v) is 3.45. The topological polar surface area (TPSA) is 20.3 Å². The van der Waals surface area contributed by atoms with Crippen LogP contribution in [0.4, 0.5) is 0 Å². The highest BCUT2D eigenvalue weighted by atomic mass is 79.9. The van der Waals surface area contributed by atoms with Gasteiger partial charge >= 0.3 is 0 Å². The van der Waals surface area contributed by atoms with Gasteiger partial charge in [-0.2, -0.15) is 0 Å². The number of amides is 1. The van der Waals surface area contributed by atoms with E-state index in [0.717, 1.165) is 10.0 Å². The Morgan fingerprint density at radius 1 is 1.16 bits per heavy atom. The summed E-state index contributed by atoms with van der Waals surface area (Å²) in [6, 6.07) is 15.7. The van der Waals surface area contributed by atoms with Crippen molar-refractivity contribution in [1.29, 1.82) is 0 Å². The lowest BCUT2D eigenvalue weighted by Crippen LogP contribution is -2.26. The normalized spacial score (nSPS) is 10.3. The summed E-state index contributed by atoms with van der Waals surface area (Å²) in [6.45, 7) is 2.67. The van der Waals surface area contributed by atoms with Crippen LogP contribution in [0, 0.1) is 6.92 Å². The molecule has 2 nitrogen and oxygen atoms in total. The van der Waals surface area contributed by atoms with E-state index in [0.29, 0.717) is 12.1 Å². The van der Waals surface area contributed by atoms with Gasteiger partial charge in [0, 0.05) is 23.6 Å². The predicted molar refractivity (Wildman–Crippen MR) is 81.1 cm³/mol. The highest BCUT2D eigenvalue weighted by Crippen LogP contribution is 2.14. The summed E-state index contributed by atoms with van der Waals surface area (Å²) in [5.41, 5.74) is 3.06. The van der Waals surface area contributed by atoms with Gasteiger partial charge in [-0.25, -0.2) is 0 Å². The van der Waals surface area contributed by atoms with E-state index in [-0.39, 0.29) is 5.91 Å². The van der Waals surface area contributed by atoms with Crippen LogP contribution in [0.15, 0.2) is 53.0 Å². The van der Waals surface area contributed by atoms with E-state index >= 15 is 0 Å². The summed E-state index contributed by atoms with van der Waals surface area (Å²) in [6.07, 6.45) is 0. The van der Waals surface area contributed by atoms with Gasteiger partial charge in [-0.05, 0) is 30.7 Å². The summed E-state index contributed by atoms with van der Waals surface area (Å²) >= 11 is 3.38. The first-order valence-corrected chi connectivity index (χ1v) is 6.92. The zero-order valence-corrected chi connectivity index (χ0v) is 12.6. The molecule has 0 atom stereocenters. The van der Waals surface area contributed by atoms with Crippen molar-refractivity contribution < 1.29 is 4.79 Å². The Morgan fingerprint density at radius 3 is 2.47 bits per heavy atom. The van der Waals surface area contributed by atoms with E-state index in [1.165, 1.54) is 5.56 Å². The number of hydrogen-bond donors (Lipinski definition) is 0. The first-order chi connectivity index (χ1) is 9.06. The van der Waals surface area contributed by atoms with Gasteiger partial charge in [0.15, 0.2) is 0 Å². The molecule has 0 heterocycles. The standard InChI is InChI=1S/C16H16BrNO/c1-12-6-8-13(9-7-12)11-18(2)16(19)14-4-3-5-15(17)10-14/h3-10H,11H2,1-2H3. The van der Waals surface area contributed by atoms with Gasteiger partial charge in [0.05, 0.1) is 0 Å². The molecule has 2 aromatic rings. The summed E-state index contributed by atoms with van der Waals surface area (Å²) in [5, 5.41) is 0. The number of carbonyl (C=O) groups is 1. The average Bonchev–Trinajstić information content (AvgIpc) is 2.40. The summed E-state index contributed by atoms with van der Waals surface area (Å²) in [5.74, 6) is 0.0295. The van der Waals surface area contributed by atoms with Crippen LogP contribution < -0.4 is 0 Å². The first kappa shape index (κ1) is 13.8. The zero-order chi connectivity index (χ0) is 13.8. The van der Waals surface area contributed by atoms with Crippen molar-refractivity contribution in [3.63, 3.8) is 0 Å². The van der Waals surface area contributed by atoms with Crippen LogP contribution in [0.5, 0.6) is 0 Å². The zero-order valence-electron chi connectivity index (χ0n) is 11.1. The van der Waals surface area contributed by atoms with Crippen LogP contribution in [0.2, 0.25) is 0 Å². The van der Waals surface area contributed by atoms with E-state index in [9.17, 15) is 4.79 Å². The summed E-state index contributed by atoms with van der Waals surface area (Å²) in [7, 11) is 1.82. The molecular weight excluding hydrogens is 302 g/mol. The number of benzene rings is 2. The van der Waals surface area contributed by atoms with E-state index in [2.05, 4.69) is 47.1 Å². The maximum Gasteiger partial charge on any atom is 0.253 e. The van der Waals surface area contributed by atoms with Crippen molar-refractivity contribution in [1.82, 2.24) is 4.90 Å². The predicted octanol–water partition coefficient (Wildman–Crippen LogP) is 4.03. The minimum Gasteiger partial charge on any atom is -0.337 e. The van der Waals surface area contributed by atoms with Gasteiger partial charge in [0.1, 0.15) is 0 Å². The molecule has 0 aliphatic carbocycles. The van der Waals surface area contributed by atoms with Crippen LogP contribution in [-0.2, 0) is 6.54 Å². The van der Waals surface area contributed by atoms with Crippen molar-refractivity contribution in [2.45, 2.75) is 13.5 Å². The molecule has 98 valence electrons. The first-order valence-electron chi connectivity index (χ1n) is 6.13. The Kier molecular flexibility index (Phi) is 4.38. The molecule has 0 aromatic heterocycles. The molecule has 0 saturated carbocycles. The van der Waals surface area contributed by atoms with Crippen LogP contribution >= 0.6 is 15.9 Å². The third-order valence-electron chi connectivity index (χ3n) is 2.96. The van der Waals surface area contributed by atoms with Crippen molar-refractivity contribution in [3.05, 3.63) is 69.7 Å². The molecule has 0 unspecified atom stereocenters. The fourth-order valence-electron chi connectivity index (χ4n) is 1.88. The molecule has 0 bridgehead atoms. The van der Waals surface area contributed by atoms with E-state index in [1.807, 2.05) is 31.3 Å². The van der Waals surface area contributed by atoms with Gasteiger partial charge in [-0.3, -0.25) is 4.79 Å². The number of aryl methyl sites for hydroxylation is 1.